The summed E-state index contributed by atoms with van der Waals surface area (Å²) >= 11 is 1.03. The average molecular weight is 340 g/mol. The van der Waals surface area contributed by atoms with E-state index in [2.05, 4.69) is 17.4 Å². The zero-order chi connectivity index (χ0) is 17.4. The molecule has 1 heterocycles. The van der Waals surface area contributed by atoms with Crippen LogP contribution in [0.5, 0.6) is 0 Å². The Morgan fingerprint density at radius 3 is 2.21 bits per heavy atom. The summed E-state index contributed by atoms with van der Waals surface area (Å²) in [5.41, 5.74) is 5.81. The second-order valence-corrected chi connectivity index (χ2v) is 7.20. The van der Waals surface area contributed by atoms with E-state index in [4.69, 9.17) is 0 Å². The van der Waals surface area contributed by atoms with Crippen molar-refractivity contribution in [1.29, 1.82) is 0 Å². The first-order valence-electron chi connectivity index (χ1n) is 7.83. The Hall–Kier alpha value is -2.27. The van der Waals surface area contributed by atoms with Gasteiger partial charge in [-0.1, -0.05) is 35.9 Å². The Morgan fingerprint density at radius 1 is 0.958 bits per heavy atom. The fourth-order valence-corrected chi connectivity index (χ4v) is 3.95. The van der Waals surface area contributed by atoms with Gasteiger partial charge in [0.1, 0.15) is 0 Å². The van der Waals surface area contributed by atoms with E-state index in [-0.39, 0.29) is 11.1 Å². The van der Waals surface area contributed by atoms with E-state index in [0.717, 1.165) is 34.1 Å². The van der Waals surface area contributed by atoms with Crippen molar-refractivity contribution < 1.29 is 9.59 Å². The fourth-order valence-electron chi connectivity index (χ4n) is 3.07. The van der Waals surface area contributed by atoms with Crippen LogP contribution in [0.4, 0.5) is 16.2 Å². The number of carbonyl (C=O) groups excluding carboxylic acids is 2. The first kappa shape index (κ1) is 16.6. The van der Waals surface area contributed by atoms with Crippen LogP contribution >= 0.6 is 11.8 Å². The molecule has 124 valence electrons. The Morgan fingerprint density at radius 2 is 1.58 bits per heavy atom. The molecule has 0 radical (unpaired) electrons. The lowest BCUT2D eigenvalue weighted by atomic mass is 10.1. The second-order valence-electron chi connectivity index (χ2n) is 6.14. The molecule has 0 spiro atoms. The predicted octanol–water partition coefficient (Wildman–Crippen LogP) is 4.56. The molecule has 2 aromatic carbocycles. The van der Waals surface area contributed by atoms with E-state index in [1.807, 2.05) is 45.9 Å². The molecule has 1 saturated heterocycles. The molecule has 0 aliphatic carbocycles. The topological polar surface area (TPSA) is 49.4 Å². The van der Waals surface area contributed by atoms with Crippen LogP contribution in [0, 0.1) is 27.7 Å². The summed E-state index contributed by atoms with van der Waals surface area (Å²) in [6.07, 6.45) is 0. The first-order chi connectivity index (χ1) is 11.4. The summed E-state index contributed by atoms with van der Waals surface area (Å²) in [5, 5.41) is 2.41. The molecule has 1 atom stereocenters. The van der Waals surface area contributed by atoms with Gasteiger partial charge in [-0.3, -0.25) is 9.59 Å². The number of amides is 2. The molecule has 1 fully saturated rings. The van der Waals surface area contributed by atoms with E-state index >= 15 is 0 Å². The molecule has 1 unspecified atom stereocenters. The molecule has 5 heteroatoms. The SMILES string of the molecule is Cc1cc(C)c(NC2SC(=O)N(c3ccccc3C)C2=O)c(C)c1. The van der Waals surface area contributed by atoms with Crippen LogP contribution in [-0.2, 0) is 4.79 Å². The van der Waals surface area contributed by atoms with Crippen molar-refractivity contribution in [3.63, 3.8) is 0 Å². The molecule has 0 bridgehead atoms. The van der Waals surface area contributed by atoms with Crippen molar-refractivity contribution in [2.75, 3.05) is 10.2 Å². The largest absolute Gasteiger partial charge is 0.365 e. The standard InChI is InChI=1S/C19H20N2O2S/c1-11-9-13(3)16(14(4)10-11)20-17-18(22)21(19(23)24-17)15-8-6-5-7-12(15)2/h5-10,17,20H,1-4H3. The highest BCUT2D eigenvalue weighted by atomic mass is 32.2. The maximum Gasteiger partial charge on any atom is 0.295 e. The van der Waals surface area contributed by atoms with Crippen LogP contribution in [0.25, 0.3) is 0 Å². The van der Waals surface area contributed by atoms with E-state index in [9.17, 15) is 9.59 Å². The lowest BCUT2D eigenvalue weighted by Gasteiger charge is -2.19. The van der Waals surface area contributed by atoms with Gasteiger partial charge in [0, 0.05) is 5.69 Å². The van der Waals surface area contributed by atoms with Crippen molar-refractivity contribution >= 4 is 34.3 Å². The quantitative estimate of drug-likeness (QED) is 0.890. The van der Waals surface area contributed by atoms with E-state index < -0.39 is 5.37 Å². The number of thioether (sulfide) groups is 1. The highest BCUT2D eigenvalue weighted by molar-refractivity contribution is 8.16. The minimum atomic E-state index is -0.600. The lowest BCUT2D eigenvalue weighted by molar-refractivity contribution is -0.116. The summed E-state index contributed by atoms with van der Waals surface area (Å²) in [6.45, 7) is 7.96. The number of para-hydroxylation sites is 1. The zero-order valence-electron chi connectivity index (χ0n) is 14.2. The number of aryl methyl sites for hydroxylation is 4. The third-order valence-corrected chi connectivity index (χ3v) is 5.09. The molecule has 1 N–H and O–H groups in total. The van der Waals surface area contributed by atoms with E-state index in [0.29, 0.717) is 5.69 Å². The van der Waals surface area contributed by atoms with Crippen molar-refractivity contribution in [2.45, 2.75) is 33.1 Å². The minimum Gasteiger partial charge on any atom is -0.365 e. The highest BCUT2D eigenvalue weighted by Crippen LogP contribution is 2.35. The van der Waals surface area contributed by atoms with Crippen molar-refractivity contribution in [2.24, 2.45) is 0 Å². The number of carbonyl (C=O) groups is 2. The first-order valence-corrected chi connectivity index (χ1v) is 8.71. The number of benzene rings is 2. The van der Waals surface area contributed by atoms with E-state index in [1.165, 1.54) is 10.5 Å². The smallest absolute Gasteiger partial charge is 0.295 e. The van der Waals surface area contributed by atoms with Gasteiger partial charge in [0.15, 0.2) is 5.37 Å². The van der Waals surface area contributed by atoms with Gasteiger partial charge in [-0.2, -0.15) is 0 Å². The maximum absolute atomic E-state index is 12.8. The predicted molar refractivity (Wildman–Crippen MR) is 99.7 cm³/mol. The van der Waals surface area contributed by atoms with Crippen molar-refractivity contribution in [3.8, 4) is 0 Å². The molecule has 1 aliphatic rings. The van der Waals surface area contributed by atoms with Crippen LogP contribution < -0.4 is 10.2 Å². The van der Waals surface area contributed by atoms with Gasteiger partial charge in [-0.25, -0.2) is 4.90 Å². The molecular formula is C19H20N2O2S. The number of rotatable bonds is 3. The Labute approximate surface area is 146 Å². The molecule has 3 rings (SSSR count). The van der Waals surface area contributed by atoms with Crippen molar-refractivity contribution in [3.05, 3.63) is 58.7 Å². The second kappa shape index (κ2) is 6.32. The van der Waals surface area contributed by atoms with Gasteiger partial charge in [0.2, 0.25) is 0 Å². The molecule has 1 aliphatic heterocycles. The molecule has 0 aromatic heterocycles. The molecule has 24 heavy (non-hydrogen) atoms. The Bertz CT molecular complexity index is 809. The van der Waals surface area contributed by atoms with Gasteiger partial charge in [0.25, 0.3) is 11.1 Å². The Balaban J connectivity index is 1.89. The number of imide groups is 1. The number of nitrogens with one attached hydrogen (secondary N) is 1. The average Bonchev–Trinajstić information content (AvgIpc) is 2.78. The fraction of sp³-hybridized carbons (Fsp3) is 0.263. The number of anilines is 2. The summed E-state index contributed by atoms with van der Waals surface area (Å²) < 4.78 is 0. The van der Waals surface area contributed by atoms with Gasteiger partial charge in [0.05, 0.1) is 5.69 Å². The molecular weight excluding hydrogens is 320 g/mol. The molecule has 2 aromatic rings. The van der Waals surface area contributed by atoms with Crippen LogP contribution in [0.2, 0.25) is 0 Å². The maximum atomic E-state index is 12.8. The zero-order valence-corrected chi connectivity index (χ0v) is 15.0. The lowest BCUT2D eigenvalue weighted by Crippen LogP contribution is -2.35. The van der Waals surface area contributed by atoms with Gasteiger partial charge in [-0.15, -0.1) is 0 Å². The molecule has 2 amide bonds. The summed E-state index contributed by atoms with van der Waals surface area (Å²) in [4.78, 5) is 26.4. The normalized spacial score (nSPS) is 17.5. The number of hydrogen-bond acceptors (Lipinski definition) is 4. The third kappa shape index (κ3) is 2.91. The van der Waals surface area contributed by atoms with Crippen LogP contribution in [-0.4, -0.2) is 16.5 Å². The summed E-state index contributed by atoms with van der Waals surface area (Å²) in [6, 6.07) is 11.6. The van der Waals surface area contributed by atoms with Crippen LogP contribution in [0.3, 0.4) is 0 Å². The van der Waals surface area contributed by atoms with Gasteiger partial charge in [-0.05, 0) is 62.2 Å². The van der Waals surface area contributed by atoms with E-state index in [1.54, 1.807) is 6.07 Å². The number of nitrogens with zero attached hydrogens (tertiary/aromatic N) is 1. The summed E-state index contributed by atoms with van der Waals surface area (Å²) in [7, 11) is 0. The van der Waals surface area contributed by atoms with Crippen molar-refractivity contribution in [1.82, 2.24) is 0 Å². The van der Waals surface area contributed by atoms with Gasteiger partial charge < -0.3 is 5.32 Å². The molecule has 0 saturated carbocycles. The van der Waals surface area contributed by atoms with Gasteiger partial charge >= 0.3 is 0 Å². The monoisotopic (exact) mass is 340 g/mol. The summed E-state index contributed by atoms with van der Waals surface area (Å²) in [5.74, 6) is -0.223. The highest BCUT2D eigenvalue weighted by Gasteiger charge is 2.41. The van der Waals surface area contributed by atoms with Crippen LogP contribution in [0.1, 0.15) is 22.3 Å². The minimum absolute atomic E-state index is 0.223. The number of hydrogen-bond donors (Lipinski definition) is 1. The molecule has 4 nitrogen and oxygen atoms in total. The third-order valence-electron chi connectivity index (χ3n) is 4.15. The van der Waals surface area contributed by atoms with Crippen LogP contribution in [0.15, 0.2) is 36.4 Å². The Kier molecular flexibility index (Phi) is 4.37.